The highest BCUT2D eigenvalue weighted by molar-refractivity contribution is 7.22. The van der Waals surface area contributed by atoms with E-state index in [0.29, 0.717) is 16.2 Å². The first-order chi connectivity index (χ1) is 11.7. The van der Waals surface area contributed by atoms with Gasteiger partial charge >= 0.3 is 0 Å². The minimum atomic E-state index is -0.0521. The van der Waals surface area contributed by atoms with Crippen molar-refractivity contribution in [2.75, 3.05) is 25.1 Å². The molecule has 5 nitrogen and oxygen atoms in total. The van der Waals surface area contributed by atoms with Crippen molar-refractivity contribution in [1.29, 1.82) is 0 Å². The smallest absolute Gasteiger partial charge is 0.243 e. The fraction of sp³-hybridized carbons (Fsp3) is 0.529. The number of amides is 1. The fourth-order valence-corrected chi connectivity index (χ4v) is 4.81. The quantitative estimate of drug-likeness (QED) is 0.904. The van der Waals surface area contributed by atoms with E-state index in [1.165, 1.54) is 11.3 Å². The Morgan fingerprint density at radius 3 is 3.00 bits per heavy atom. The molecule has 0 saturated carbocycles. The summed E-state index contributed by atoms with van der Waals surface area (Å²) in [6.45, 7) is 2.60. The van der Waals surface area contributed by atoms with E-state index >= 15 is 0 Å². The van der Waals surface area contributed by atoms with E-state index in [4.69, 9.17) is 16.3 Å². The van der Waals surface area contributed by atoms with Gasteiger partial charge in [0.25, 0.3) is 0 Å². The van der Waals surface area contributed by atoms with Crippen LogP contribution in [-0.4, -0.2) is 47.6 Å². The van der Waals surface area contributed by atoms with Gasteiger partial charge in [0, 0.05) is 24.3 Å². The van der Waals surface area contributed by atoms with E-state index < -0.39 is 0 Å². The summed E-state index contributed by atoms with van der Waals surface area (Å²) in [6, 6.07) is 6.00. The zero-order chi connectivity index (χ0) is 16.5. The second-order valence-corrected chi connectivity index (χ2v) is 7.83. The van der Waals surface area contributed by atoms with Gasteiger partial charge in [-0.05, 0) is 50.4 Å². The number of carbonyl (C=O) groups is 1. The van der Waals surface area contributed by atoms with Crippen molar-refractivity contribution >= 4 is 44.2 Å². The van der Waals surface area contributed by atoms with Crippen LogP contribution in [0, 0.1) is 0 Å². The first kappa shape index (κ1) is 16.3. The number of ether oxygens (including phenoxy) is 1. The Balaban J connectivity index is 1.47. The molecule has 0 aliphatic carbocycles. The lowest BCUT2D eigenvalue weighted by molar-refractivity contribution is -0.121. The maximum absolute atomic E-state index is 12.8. The zero-order valence-electron chi connectivity index (χ0n) is 13.3. The molecule has 0 spiro atoms. The summed E-state index contributed by atoms with van der Waals surface area (Å²) >= 11 is 7.49. The molecular formula is C17H20ClN3O2S. The molecule has 1 amide bonds. The molecule has 2 aliphatic rings. The molecule has 1 atom stereocenters. The molecule has 1 aromatic carbocycles. The van der Waals surface area contributed by atoms with Crippen molar-refractivity contribution < 1.29 is 9.53 Å². The maximum atomic E-state index is 12.8. The molecule has 1 aromatic heterocycles. The number of carbonyl (C=O) groups excluding carboxylic acids is 1. The molecule has 0 unspecified atom stereocenters. The van der Waals surface area contributed by atoms with Crippen LogP contribution < -0.4 is 5.32 Å². The van der Waals surface area contributed by atoms with Crippen molar-refractivity contribution in [3.8, 4) is 0 Å². The van der Waals surface area contributed by atoms with Gasteiger partial charge in [-0.3, -0.25) is 9.69 Å². The largest absolute Gasteiger partial charge is 0.381 e. The van der Waals surface area contributed by atoms with Gasteiger partial charge in [-0.1, -0.05) is 22.9 Å². The Bertz CT molecular complexity index is 745. The Morgan fingerprint density at radius 1 is 1.33 bits per heavy atom. The van der Waals surface area contributed by atoms with E-state index in [9.17, 15) is 4.79 Å². The second-order valence-electron chi connectivity index (χ2n) is 6.36. The first-order valence-corrected chi connectivity index (χ1v) is 9.60. The SMILES string of the molecule is O=C(Nc1nc2ccc(Cl)cc2s1)[C@@H]1CCCN1C1CCOCC1. The molecular weight excluding hydrogens is 346 g/mol. The standard InChI is InChI=1S/C17H20ClN3O2S/c18-11-3-4-13-15(10-11)24-17(19-13)20-16(22)14-2-1-7-21(14)12-5-8-23-9-6-12/h3-4,10,12,14H,1-2,5-9H2,(H,19,20,22)/t14-/m0/s1. The van der Waals surface area contributed by atoms with E-state index in [1.54, 1.807) is 0 Å². The maximum Gasteiger partial charge on any atom is 0.243 e. The van der Waals surface area contributed by atoms with Crippen LogP contribution in [0.3, 0.4) is 0 Å². The number of nitrogens with zero attached hydrogens (tertiary/aromatic N) is 2. The first-order valence-electron chi connectivity index (χ1n) is 8.41. The summed E-state index contributed by atoms with van der Waals surface area (Å²) in [5.74, 6) is 0.0594. The Kier molecular flexibility index (Phi) is 4.72. The second kappa shape index (κ2) is 6.96. The molecule has 7 heteroatoms. The topological polar surface area (TPSA) is 54.5 Å². The predicted molar refractivity (Wildman–Crippen MR) is 96.8 cm³/mol. The molecule has 0 bridgehead atoms. The molecule has 1 N–H and O–H groups in total. The monoisotopic (exact) mass is 365 g/mol. The van der Waals surface area contributed by atoms with E-state index in [1.807, 2.05) is 18.2 Å². The molecule has 0 radical (unpaired) electrons. The van der Waals surface area contributed by atoms with E-state index in [-0.39, 0.29) is 11.9 Å². The number of fused-ring (bicyclic) bond motifs is 1. The van der Waals surface area contributed by atoms with Gasteiger partial charge in [0.15, 0.2) is 5.13 Å². The van der Waals surface area contributed by atoms with Gasteiger partial charge in [-0.25, -0.2) is 4.98 Å². The van der Waals surface area contributed by atoms with Gasteiger partial charge in [0.2, 0.25) is 5.91 Å². The minimum Gasteiger partial charge on any atom is -0.381 e. The van der Waals surface area contributed by atoms with Crippen LogP contribution in [0.1, 0.15) is 25.7 Å². The Morgan fingerprint density at radius 2 is 2.17 bits per heavy atom. The summed E-state index contributed by atoms with van der Waals surface area (Å²) in [4.78, 5) is 19.6. The third-order valence-electron chi connectivity index (χ3n) is 4.84. The average molecular weight is 366 g/mol. The highest BCUT2D eigenvalue weighted by Gasteiger charge is 2.36. The summed E-state index contributed by atoms with van der Waals surface area (Å²) in [6.07, 6.45) is 4.03. The molecule has 2 saturated heterocycles. The number of aromatic nitrogens is 1. The van der Waals surface area contributed by atoms with Crippen molar-refractivity contribution in [2.24, 2.45) is 0 Å². The fourth-order valence-electron chi connectivity index (χ4n) is 3.67. The van der Waals surface area contributed by atoms with E-state index in [0.717, 1.165) is 55.7 Å². The van der Waals surface area contributed by atoms with Crippen LogP contribution in [-0.2, 0) is 9.53 Å². The normalized spacial score (nSPS) is 23.0. The van der Waals surface area contributed by atoms with Crippen molar-refractivity contribution in [2.45, 2.75) is 37.8 Å². The van der Waals surface area contributed by atoms with Crippen LogP contribution in [0.25, 0.3) is 10.2 Å². The zero-order valence-corrected chi connectivity index (χ0v) is 14.9. The number of rotatable bonds is 3. The number of likely N-dealkylation sites (tertiary alicyclic amines) is 1. The van der Waals surface area contributed by atoms with Crippen molar-refractivity contribution in [1.82, 2.24) is 9.88 Å². The number of hydrogen-bond acceptors (Lipinski definition) is 5. The highest BCUT2D eigenvalue weighted by Crippen LogP contribution is 2.30. The van der Waals surface area contributed by atoms with Crippen LogP contribution in [0.4, 0.5) is 5.13 Å². The Labute approximate surface area is 149 Å². The molecule has 2 fully saturated rings. The minimum absolute atomic E-state index is 0.0521. The van der Waals surface area contributed by atoms with Crippen LogP contribution in [0.15, 0.2) is 18.2 Å². The summed E-state index contributed by atoms with van der Waals surface area (Å²) in [5, 5.41) is 4.35. The molecule has 4 rings (SSSR count). The summed E-state index contributed by atoms with van der Waals surface area (Å²) in [5.41, 5.74) is 0.868. The molecule has 3 heterocycles. The molecule has 128 valence electrons. The van der Waals surface area contributed by atoms with Gasteiger partial charge in [-0.15, -0.1) is 0 Å². The van der Waals surface area contributed by atoms with Gasteiger partial charge < -0.3 is 10.1 Å². The number of benzene rings is 1. The lowest BCUT2D eigenvalue weighted by atomic mass is 10.1. The van der Waals surface area contributed by atoms with Crippen LogP contribution in [0.5, 0.6) is 0 Å². The van der Waals surface area contributed by atoms with Crippen LogP contribution in [0.2, 0.25) is 5.02 Å². The lowest BCUT2D eigenvalue weighted by Gasteiger charge is -2.34. The molecule has 24 heavy (non-hydrogen) atoms. The summed E-state index contributed by atoms with van der Waals surface area (Å²) in [7, 11) is 0. The third kappa shape index (κ3) is 3.28. The van der Waals surface area contributed by atoms with Gasteiger partial charge in [0.05, 0.1) is 16.3 Å². The predicted octanol–water partition coefficient (Wildman–Crippen LogP) is 3.53. The van der Waals surface area contributed by atoms with Gasteiger partial charge in [-0.2, -0.15) is 0 Å². The van der Waals surface area contributed by atoms with Crippen molar-refractivity contribution in [3.05, 3.63) is 23.2 Å². The van der Waals surface area contributed by atoms with E-state index in [2.05, 4.69) is 15.2 Å². The number of halogens is 1. The number of hydrogen-bond donors (Lipinski definition) is 1. The summed E-state index contributed by atoms with van der Waals surface area (Å²) < 4.78 is 6.44. The molecule has 2 aromatic rings. The average Bonchev–Trinajstić information content (AvgIpc) is 3.21. The lowest BCUT2D eigenvalue weighted by Crippen LogP contribution is -2.47. The Hall–Kier alpha value is -1.21. The number of nitrogens with one attached hydrogen (secondary N) is 1. The molecule has 2 aliphatic heterocycles. The van der Waals surface area contributed by atoms with Crippen molar-refractivity contribution in [3.63, 3.8) is 0 Å². The van der Waals surface area contributed by atoms with Crippen LogP contribution >= 0.6 is 22.9 Å². The number of thiazole rings is 1. The third-order valence-corrected chi connectivity index (χ3v) is 6.01. The number of anilines is 1. The van der Waals surface area contributed by atoms with Gasteiger partial charge in [0.1, 0.15) is 0 Å². The highest BCUT2D eigenvalue weighted by atomic mass is 35.5.